The molecule has 3 heterocycles. The van der Waals surface area contributed by atoms with Gasteiger partial charge in [-0.05, 0) is 56.0 Å². The highest BCUT2D eigenvalue weighted by Crippen LogP contribution is 2.31. The summed E-state index contributed by atoms with van der Waals surface area (Å²) in [4.78, 5) is 15.7. The number of carbonyl (C=O) groups excluding carboxylic acids is 1. The van der Waals surface area contributed by atoms with Crippen LogP contribution in [-0.2, 0) is 11.3 Å². The number of aryl methyl sites for hydroxylation is 1. The Morgan fingerprint density at radius 3 is 2.69 bits per heavy atom. The molecule has 2 aliphatic heterocycles. The monoisotopic (exact) mass is 480 g/mol. The molecule has 0 radical (unpaired) electrons. The Hall–Kier alpha value is -1.83. The first-order valence-corrected chi connectivity index (χ1v) is 10.8. The molecular weight excluding hydrogens is 447 g/mol. The molecule has 0 spiro atoms. The average Bonchev–Trinajstić information content (AvgIpc) is 3.17. The SMILES string of the molecule is COCCn1cc(C(=O)N2C=CC(CN)=CC2C2CCNCC2)c2cccc(C)c21.Cl.Cl. The number of hydrogen-bond donors (Lipinski definition) is 2. The van der Waals surface area contributed by atoms with Crippen LogP contribution in [0.1, 0.15) is 28.8 Å². The summed E-state index contributed by atoms with van der Waals surface area (Å²) in [6.45, 7) is 5.90. The standard InChI is InChI=1S/C24H32N4O2.2ClH/c1-17-4-3-5-20-21(16-27(23(17)20)12-13-30-2)24(29)28-11-8-18(15-25)14-22(28)19-6-9-26-10-7-19;;/h3-5,8,11,14,16,19,22,26H,6-7,9-10,12-13,15,25H2,1-2H3;2*1H. The number of nitrogens with zero attached hydrogens (tertiary/aromatic N) is 2. The fourth-order valence-corrected chi connectivity index (χ4v) is 4.74. The molecule has 1 amide bonds. The molecule has 176 valence electrons. The van der Waals surface area contributed by atoms with Crippen LogP contribution in [0.5, 0.6) is 0 Å². The summed E-state index contributed by atoms with van der Waals surface area (Å²) >= 11 is 0. The molecule has 0 aliphatic carbocycles. The maximum atomic E-state index is 13.8. The van der Waals surface area contributed by atoms with E-state index in [0.717, 1.165) is 60.1 Å². The third kappa shape index (κ3) is 5.21. The van der Waals surface area contributed by atoms with E-state index in [-0.39, 0.29) is 36.8 Å². The van der Waals surface area contributed by atoms with Gasteiger partial charge in [-0.1, -0.05) is 24.3 Å². The number of nitrogens with two attached hydrogens (primary N) is 1. The minimum Gasteiger partial charge on any atom is -0.383 e. The second-order valence-corrected chi connectivity index (χ2v) is 8.25. The molecular formula is C24H34Cl2N4O2. The molecule has 8 heteroatoms. The average molecular weight is 481 g/mol. The van der Waals surface area contributed by atoms with Crippen LogP contribution in [0.3, 0.4) is 0 Å². The van der Waals surface area contributed by atoms with Gasteiger partial charge in [0.1, 0.15) is 0 Å². The van der Waals surface area contributed by atoms with Crippen molar-refractivity contribution in [2.45, 2.75) is 32.4 Å². The van der Waals surface area contributed by atoms with Crippen LogP contribution in [0.25, 0.3) is 10.9 Å². The number of fused-ring (bicyclic) bond motifs is 1. The van der Waals surface area contributed by atoms with Gasteiger partial charge in [0.25, 0.3) is 5.91 Å². The molecule has 1 unspecified atom stereocenters. The zero-order valence-electron chi connectivity index (χ0n) is 18.8. The van der Waals surface area contributed by atoms with E-state index < -0.39 is 0 Å². The first-order valence-electron chi connectivity index (χ1n) is 10.8. The van der Waals surface area contributed by atoms with Crippen LogP contribution < -0.4 is 11.1 Å². The van der Waals surface area contributed by atoms with Gasteiger partial charge in [0, 0.05) is 38.0 Å². The van der Waals surface area contributed by atoms with E-state index in [1.165, 1.54) is 0 Å². The van der Waals surface area contributed by atoms with Crippen molar-refractivity contribution in [3.8, 4) is 0 Å². The Morgan fingerprint density at radius 2 is 2.00 bits per heavy atom. The molecule has 2 aromatic rings. The van der Waals surface area contributed by atoms with Crippen LogP contribution in [0.4, 0.5) is 0 Å². The molecule has 6 nitrogen and oxygen atoms in total. The number of aromatic nitrogens is 1. The van der Waals surface area contributed by atoms with Crippen molar-refractivity contribution >= 4 is 41.6 Å². The molecule has 1 atom stereocenters. The Balaban J connectivity index is 0.00000181. The lowest BCUT2D eigenvalue weighted by Gasteiger charge is -2.37. The molecule has 1 saturated heterocycles. The van der Waals surface area contributed by atoms with Crippen LogP contribution in [0, 0.1) is 12.8 Å². The number of halogens is 2. The molecule has 2 aliphatic rings. The third-order valence-corrected chi connectivity index (χ3v) is 6.36. The van der Waals surface area contributed by atoms with Gasteiger partial charge in [-0.15, -0.1) is 24.8 Å². The van der Waals surface area contributed by atoms with Crippen LogP contribution in [-0.4, -0.2) is 54.8 Å². The maximum Gasteiger partial charge on any atom is 0.260 e. The molecule has 0 bridgehead atoms. The molecule has 3 N–H and O–H groups in total. The predicted octanol–water partition coefficient (Wildman–Crippen LogP) is 3.66. The highest BCUT2D eigenvalue weighted by atomic mass is 35.5. The Labute approximate surface area is 202 Å². The number of para-hydroxylation sites is 1. The zero-order valence-corrected chi connectivity index (χ0v) is 20.4. The topological polar surface area (TPSA) is 72.5 Å². The highest BCUT2D eigenvalue weighted by molar-refractivity contribution is 6.08. The van der Waals surface area contributed by atoms with E-state index in [4.69, 9.17) is 10.5 Å². The molecule has 4 rings (SSSR count). The van der Waals surface area contributed by atoms with E-state index in [1.807, 2.05) is 35.5 Å². The molecule has 1 aromatic carbocycles. The largest absolute Gasteiger partial charge is 0.383 e. The molecule has 1 aromatic heterocycles. The number of piperidine rings is 1. The van der Waals surface area contributed by atoms with Gasteiger partial charge in [-0.25, -0.2) is 0 Å². The summed E-state index contributed by atoms with van der Waals surface area (Å²) in [7, 11) is 1.70. The number of amides is 1. The van der Waals surface area contributed by atoms with Crippen molar-refractivity contribution in [1.82, 2.24) is 14.8 Å². The predicted molar refractivity (Wildman–Crippen MR) is 135 cm³/mol. The Bertz CT molecular complexity index is 980. The van der Waals surface area contributed by atoms with Crippen LogP contribution >= 0.6 is 24.8 Å². The van der Waals surface area contributed by atoms with Crippen LogP contribution in [0.15, 0.2) is 48.3 Å². The fraction of sp³-hybridized carbons (Fsp3) is 0.458. The zero-order chi connectivity index (χ0) is 21.1. The van der Waals surface area contributed by atoms with Gasteiger partial charge >= 0.3 is 0 Å². The van der Waals surface area contributed by atoms with Gasteiger partial charge in [-0.3, -0.25) is 4.79 Å². The minimum atomic E-state index is 0. The number of carbonyl (C=O) groups is 1. The quantitative estimate of drug-likeness (QED) is 0.661. The van der Waals surface area contributed by atoms with Crippen molar-refractivity contribution in [2.75, 3.05) is 33.4 Å². The molecule has 1 fully saturated rings. The normalized spacial score (nSPS) is 18.8. The van der Waals surface area contributed by atoms with E-state index in [0.29, 0.717) is 19.1 Å². The smallest absolute Gasteiger partial charge is 0.260 e. The van der Waals surface area contributed by atoms with Crippen molar-refractivity contribution in [3.05, 3.63) is 59.4 Å². The van der Waals surface area contributed by atoms with Gasteiger partial charge < -0.3 is 25.3 Å². The van der Waals surface area contributed by atoms with E-state index >= 15 is 0 Å². The lowest BCUT2D eigenvalue weighted by Crippen LogP contribution is -2.45. The summed E-state index contributed by atoms with van der Waals surface area (Å²) in [6, 6.07) is 6.21. The number of ether oxygens (including phenoxy) is 1. The number of rotatable bonds is 6. The maximum absolute atomic E-state index is 13.8. The molecule has 32 heavy (non-hydrogen) atoms. The first kappa shape index (κ1) is 26.4. The third-order valence-electron chi connectivity index (χ3n) is 6.36. The lowest BCUT2D eigenvalue weighted by atomic mass is 9.86. The van der Waals surface area contributed by atoms with Crippen molar-refractivity contribution < 1.29 is 9.53 Å². The minimum absolute atomic E-state index is 0. The molecule has 0 saturated carbocycles. The summed E-state index contributed by atoms with van der Waals surface area (Å²) in [5.74, 6) is 0.485. The summed E-state index contributed by atoms with van der Waals surface area (Å²) in [5, 5.41) is 4.43. The van der Waals surface area contributed by atoms with E-state index in [1.54, 1.807) is 7.11 Å². The summed E-state index contributed by atoms with van der Waals surface area (Å²) in [5.41, 5.74) is 10.0. The van der Waals surface area contributed by atoms with Crippen LogP contribution in [0.2, 0.25) is 0 Å². The van der Waals surface area contributed by atoms with Crippen molar-refractivity contribution in [3.63, 3.8) is 0 Å². The summed E-state index contributed by atoms with van der Waals surface area (Å²) < 4.78 is 7.44. The van der Waals surface area contributed by atoms with Gasteiger partial charge in [0.2, 0.25) is 0 Å². The van der Waals surface area contributed by atoms with Crippen molar-refractivity contribution in [1.29, 1.82) is 0 Å². The number of nitrogens with one attached hydrogen (secondary N) is 1. The fourth-order valence-electron chi connectivity index (χ4n) is 4.74. The van der Waals surface area contributed by atoms with Gasteiger partial charge in [-0.2, -0.15) is 0 Å². The van der Waals surface area contributed by atoms with E-state index in [9.17, 15) is 4.79 Å². The van der Waals surface area contributed by atoms with Crippen molar-refractivity contribution in [2.24, 2.45) is 11.7 Å². The lowest BCUT2D eigenvalue weighted by molar-refractivity contribution is 0.0739. The number of hydrogen-bond acceptors (Lipinski definition) is 4. The highest BCUT2D eigenvalue weighted by Gasteiger charge is 2.32. The summed E-state index contributed by atoms with van der Waals surface area (Å²) in [6.07, 6.45) is 10.2. The van der Waals surface area contributed by atoms with Gasteiger partial charge in [0.15, 0.2) is 0 Å². The Morgan fingerprint density at radius 1 is 1.25 bits per heavy atom. The number of methoxy groups -OCH3 is 1. The van der Waals surface area contributed by atoms with E-state index in [2.05, 4.69) is 29.0 Å². The second-order valence-electron chi connectivity index (χ2n) is 8.25. The van der Waals surface area contributed by atoms with Gasteiger partial charge in [0.05, 0.1) is 23.7 Å². The Kier molecular flexibility index (Phi) is 9.80. The first-order chi connectivity index (χ1) is 14.6. The number of benzene rings is 1. The second kappa shape index (κ2) is 11.9.